The molecule has 1 aliphatic carbocycles. The van der Waals surface area contributed by atoms with E-state index in [-0.39, 0.29) is 12.1 Å². The van der Waals surface area contributed by atoms with Crippen molar-refractivity contribution in [3.63, 3.8) is 0 Å². The SMILES string of the molecule is Cc1cccn2cc(CCNC(=O)N[C@H]3CCO[C@H](C4CC4)C3)nc12. The summed E-state index contributed by atoms with van der Waals surface area (Å²) in [5.74, 6) is 0.728. The molecule has 2 aromatic rings. The van der Waals surface area contributed by atoms with Crippen LogP contribution in [-0.4, -0.2) is 40.7 Å². The first kappa shape index (κ1) is 16.4. The van der Waals surface area contributed by atoms with Gasteiger partial charge in [0.2, 0.25) is 0 Å². The van der Waals surface area contributed by atoms with Gasteiger partial charge in [0.25, 0.3) is 0 Å². The summed E-state index contributed by atoms with van der Waals surface area (Å²) in [6.07, 6.45) is 9.52. The second-order valence-corrected chi connectivity index (χ2v) is 7.27. The van der Waals surface area contributed by atoms with Gasteiger partial charge in [-0.2, -0.15) is 0 Å². The molecule has 0 radical (unpaired) electrons. The number of carbonyl (C=O) groups is 1. The van der Waals surface area contributed by atoms with Gasteiger partial charge < -0.3 is 19.8 Å². The van der Waals surface area contributed by atoms with Crippen LogP contribution in [0.3, 0.4) is 0 Å². The monoisotopic (exact) mass is 342 g/mol. The van der Waals surface area contributed by atoms with Crippen LogP contribution in [0.1, 0.15) is 36.9 Å². The van der Waals surface area contributed by atoms with Gasteiger partial charge in [-0.1, -0.05) is 6.07 Å². The number of hydrogen-bond donors (Lipinski definition) is 2. The minimum Gasteiger partial charge on any atom is -0.378 e. The van der Waals surface area contributed by atoms with E-state index in [1.165, 1.54) is 12.8 Å². The number of fused-ring (bicyclic) bond motifs is 1. The molecule has 0 bridgehead atoms. The van der Waals surface area contributed by atoms with Crippen LogP contribution in [0.15, 0.2) is 24.5 Å². The fourth-order valence-corrected chi connectivity index (χ4v) is 3.62. The standard InChI is InChI=1S/C19H26N4O2/c1-13-3-2-9-23-12-16(21-18(13)23)6-8-20-19(24)22-15-7-10-25-17(11-15)14-4-5-14/h2-3,9,12,14-15,17H,4-8,10-11H2,1H3,(H2,20,22,24)/t15-,17-/m0/s1. The molecule has 2 fully saturated rings. The van der Waals surface area contributed by atoms with Gasteiger partial charge in [0, 0.05) is 38.0 Å². The summed E-state index contributed by atoms with van der Waals surface area (Å²) in [4.78, 5) is 16.8. The highest BCUT2D eigenvalue weighted by atomic mass is 16.5. The normalized spacial score (nSPS) is 23.6. The maximum Gasteiger partial charge on any atom is 0.315 e. The summed E-state index contributed by atoms with van der Waals surface area (Å²) in [6, 6.07) is 4.22. The summed E-state index contributed by atoms with van der Waals surface area (Å²) in [5.41, 5.74) is 3.13. The van der Waals surface area contributed by atoms with Crippen molar-refractivity contribution in [2.45, 2.75) is 51.2 Å². The van der Waals surface area contributed by atoms with Crippen LogP contribution < -0.4 is 10.6 Å². The number of hydrogen-bond acceptors (Lipinski definition) is 3. The summed E-state index contributed by atoms with van der Waals surface area (Å²) in [7, 11) is 0. The smallest absolute Gasteiger partial charge is 0.315 e. The molecule has 6 nitrogen and oxygen atoms in total. The predicted octanol–water partition coefficient (Wildman–Crippen LogP) is 2.44. The van der Waals surface area contributed by atoms with Crippen molar-refractivity contribution in [3.8, 4) is 0 Å². The Labute approximate surface area is 148 Å². The van der Waals surface area contributed by atoms with Gasteiger partial charge in [-0.05, 0) is 50.2 Å². The van der Waals surface area contributed by atoms with E-state index in [0.717, 1.165) is 48.7 Å². The van der Waals surface area contributed by atoms with Crippen molar-refractivity contribution >= 4 is 11.7 Å². The van der Waals surface area contributed by atoms with Crippen molar-refractivity contribution in [1.82, 2.24) is 20.0 Å². The molecule has 2 atom stereocenters. The average Bonchev–Trinajstić information content (AvgIpc) is 3.36. The number of nitrogens with zero attached hydrogens (tertiary/aromatic N) is 2. The zero-order valence-electron chi connectivity index (χ0n) is 14.7. The van der Waals surface area contributed by atoms with E-state index in [0.29, 0.717) is 12.6 Å². The summed E-state index contributed by atoms with van der Waals surface area (Å²) >= 11 is 0. The number of aryl methyl sites for hydroxylation is 1. The molecule has 0 aromatic carbocycles. The first-order chi connectivity index (χ1) is 12.2. The Morgan fingerprint density at radius 2 is 2.28 bits per heavy atom. The molecule has 1 saturated carbocycles. The highest BCUT2D eigenvalue weighted by Gasteiger charge is 2.36. The van der Waals surface area contributed by atoms with Crippen LogP contribution in [0.4, 0.5) is 4.79 Å². The molecular weight excluding hydrogens is 316 g/mol. The number of pyridine rings is 1. The lowest BCUT2D eigenvalue weighted by molar-refractivity contribution is -0.00913. The number of rotatable bonds is 5. The Hall–Kier alpha value is -2.08. The average molecular weight is 342 g/mol. The summed E-state index contributed by atoms with van der Waals surface area (Å²) < 4.78 is 7.84. The van der Waals surface area contributed by atoms with Crippen molar-refractivity contribution in [2.75, 3.05) is 13.2 Å². The van der Waals surface area contributed by atoms with Crippen molar-refractivity contribution in [1.29, 1.82) is 0 Å². The molecule has 134 valence electrons. The van der Waals surface area contributed by atoms with E-state index in [1.54, 1.807) is 0 Å². The van der Waals surface area contributed by atoms with Crippen LogP contribution in [0, 0.1) is 12.8 Å². The highest BCUT2D eigenvalue weighted by Crippen LogP contribution is 2.38. The second-order valence-electron chi connectivity index (χ2n) is 7.27. The van der Waals surface area contributed by atoms with Gasteiger partial charge in [0.1, 0.15) is 5.65 Å². The lowest BCUT2D eigenvalue weighted by atomic mass is 10.0. The van der Waals surface area contributed by atoms with E-state index < -0.39 is 0 Å². The largest absolute Gasteiger partial charge is 0.378 e. The molecule has 2 aromatic heterocycles. The number of carbonyl (C=O) groups excluding carboxylic acids is 1. The number of nitrogens with one attached hydrogen (secondary N) is 2. The maximum atomic E-state index is 12.1. The lowest BCUT2D eigenvalue weighted by Crippen LogP contribution is -2.47. The number of urea groups is 1. The minimum atomic E-state index is -0.0820. The summed E-state index contributed by atoms with van der Waals surface area (Å²) in [5, 5.41) is 6.05. The quantitative estimate of drug-likeness (QED) is 0.877. The van der Waals surface area contributed by atoms with Crippen LogP contribution in [-0.2, 0) is 11.2 Å². The molecule has 6 heteroatoms. The molecule has 0 spiro atoms. The van der Waals surface area contributed by atoms with Gasteiger partial charge in [-0.15, -0.1) is 0 Å². The molecule has 4 rings (SSSR count). The second kappa shape index (κ2) is 7.04. The number of ether oxygens (including phenoxy) is 1. The Bertz CT molecular complexity index is 753. The van der Waals surface area contributed by atoms with Gasteiger partial charge in [0.05, 0.1) is 11.8 Å². The Balaban J connectivity index is 1.23. The van der Waals surface area contributed by atoms with Crippen LogP contribution in [0.25, 0.3) is 5.65 Å². The van der Waals surface area contributed by atoms with Gasteiger partial charge in [-0.25, -0.2) is 9.78 Å². The molecule has 2 amide bonds. The molecule has 1 aliphatic heterocycles. The molecular formula is C19H26N4O2. The third kappa shape index (κ3) is 3.95. The van der Waals surface area contributed by atoms with Crippen LogP contribution >= 0.6 is 0 Å². The molecule has 1 saturated heterocycles. The van der Waals surface area contributed by atoms with Gasteiger partial charge in [-0.3, -0.25) is 0 Å². The number of imidazole rings is 1. The molecule has 2 aliphatic rings. The van der Waals surface area contributed by atoms with Crippen molar-refractivity contribution in [2.24, 2.45) is 5.92 Å². The van der Waals surface area contributed by atoms with E-state index in [9.17, 15) is 4.79 Å². The third-order valence-corrected chi connectivity index (χ3v) is 5.19. The fourth-order valence-electron chi connectivity index (χ4n) is 3.62. The predicted molar refractivity (Wildman–Crippen MR) is 95.7 cm³/mol. The zero-order chi connectivity index (χ0) is 17.2. The zero-order valence-corrected chi connectivity index (χ0v) is 14.7. The molecule has 0 unspecified atom stereocenters. The molecule has 3 heterocycles. The van der Waals surface area contributed by atoms with E-state index in [2.05, 4.69) is 28.6 Å². The maximum absolute atomic E-state index is 12.1. The Morgan fingerprint density at radius 3 is 3.08 bits per heavy atom. The van der Waals surface area contributed by atoms with Gasteiger partial charge in [0.15, 0.2) is 0 Å². The van der Waals surface area contributed by atoms with Crippen LogP contribution in [0.5, 0.6) is 0 Å². The van der Waals surface area contributed by atoms with E-state index in [1.807, 2.05) is 22.9 Å². The minimum absolute atomic E-state index is 0.0820. The van der Waals surface area contributed by atoms with Gasteiger partial charge >= 0.3 is 6.03 Å². The van der Waals surface area contributed by atoms with Crippen LogP contribution in [0.2, 0.25) is 0 Å². The molecule has 2 N–H and O–H groups in total. The van der Waals surface area contributed by atoms with Crippen molar-refractivity contribution in [3.05, 3.63) is 35.8 Å². The number of amides is 2. The topological polar surface area (TPSA) is 67.7 Å². The first-order valence-corrected chi connectivity index (χ1v) is 9.28. The van der Waals surface area contributed by atoms with E-state index in [4.69, 9.17) is 4.74 Å². The lowest BCUT2D eigenvalue weighted by Gasteiger charge is -2.30. The summed E-state index contributed by atoms with van der Waals surface area (Å²) in [6.45, 7) is 3.40. The number of aromatic nitrogens is 2. The van der Waals surface area contributed by atoms with Crippen molar-refractivity contribution < 1.29 is 9.53 Å². The Kier molecular flexibility index (Phi) is 4.61. The van der Waals surface area contributed by atoms with E-state index >= 15 is 0 Å². The first-order valence-electron chi connectivity index (χ1n) is 9.28. The Morgan fingerprint density at radius 1 is 1.40 bits per heavy atom. The molecule has 25 heavy (non-hydrogen) atoms. The highest BCUT2D eigenvalue weighted by molar-refractivity contribution is 5.74. The fraction of sp³-hybridized carbons (Fsp3) is 0.579. The third-order valence-electron chi connectivity index (χ3n) is 5.19.